The molecule has 0 bridgehead atoms. The number of para-hydroxylation sites is 1. The van der Waals surface area contributed by atoms with Crippen molar-refractivity contribution < 1.29 is 4.79 Å². The van der Waals surface area contributed by atoms with Crippen LogP contribution in [0.3, 0.4) is 0 Å². The van der Waals surface area contributed by atoms with Gasteiger partial charge >= 0.3 is 0 Å². The van der Waals surface area contributed by atoms with Gasteiger partial charge in [-0.15, -0.1) is 0 Å². The standard InChI is InChI=1S/C26H31N5O/c1-20-6-5-9-23(18-20)30-16-14-29(15-17-30)13-12-27-26(32)25-19-24(21-10-11-21)28-31(25)22-7-3-2-4-8-22/h2-9,18-19,21H,10-17H2,1H3,(H,27,32). The zero-order valence-electron chi connectivity index (χ0n) is 18.7. The van der Waals surface area contributed by atoms with E-state index in [1.54, 1.807) is 4.68 Å². The number of hydrogen-bond donors (Lipinski definition) is 1. The number of nitrogens with one attached hydrogen (secondary N) is 1. The summed E-state index contributed by atoms with van der Waals surface area (Å²) in [5.74, 6) is 0.461. The first-order valence-corrected chi connectivity index (χ1v) is 11.6. The van der Waals surface area contributed by atoms with Gasteiger partial charge in [-0.3, -0.25) is 9.69 Å². The predicted octanol–water partition coefficient (Wildman–Crippen LogP) is 3.61. The van der Waals surface area contributed by atoms with Gasteiger partial charge in [0.15, 0.2) is 0 Å². The topological polar surface area (TPSA) is 53.4 Å². The second kappa shape index (κ2) is 9.17. The van der Waals surface area contributed by atoms with Gasteiger partial charge in [0.25, 0.3) is 5.91 Å². The van der Waals surface area contributed by atoms with E-state index in [-0.39, 0.29) is 5.91 Å². The maximum atomic E-state index is 13.0. The first kappa shape index (κ1) is 20.8. The Hall–Kier alpha value is -3.12. The largest absolute Gasteiger partial charge is 0.369 e. The van der Waals surface area contributed by atoms with Gasteiger partial charge < -0.3 is 10.2 Å². The number of aromatic nitrogens is 2. The Balaban J connectivity index is 1.16. The Morgan fingerprint density at radius 3 is 2.44 bits per heavy atom. The summed E-state index contributed by atoms with van der Waals surface area (Å²) < 4.78 is 1.80. The average Bonchev–Trinajstić information content (AvgIpc) is 3.58. The maximum absolute atomic E-state index is 13.0. The van der Waals surface area contributed by atoms with Crippen LogP contribution in [0.1, 0.15) is 40.5 Å². The van der Waals surface area contributed by atoms with Crippen molar-refractivity contribution >= 4 is 11.6 Å². The third-order valence-corrected chi connectivity index (χ3v) is 6.41. The lowest BCUT2D eigenvalue weighted by atomic mass is 10.2. The normalized spacial score (nSPS) is 16.8. The molecular formula is C26H31N5O. The monoisotopic (exact) mass is 429 g/mol. The highest BCUT2D eigenvalue weighted by atomic mass is 16.2. The van der Waals surface area contributed by atoms with Crippen LogP contribution in [0.4, 0.5) is 5.69 Å². The highest BCUT2D eigenvalue weighted by Gasteiger charge is 2.29. The molecule has 0 atom stereocenters. The first-order chi connectivity index (χ1) is 15.7. The third-order valence-electron chi connectivity index (χ3n) is 6.41. The Labute approximate surface area is 189 Å². The van der Waals surface area contributed by atoms with Crippen molar-refractivity contribution in [2.45, 2.75) is 25.7 Å². The SMILES string of the molecule is Cc1cccc(N2CCN(CCNC(=O)c3cc(C4CC4)nn3-c3ccccc3)CC2)c1. The zero-order valence-corrected chi connectivity index (χ0v) is 18.7. The van der Waals surface area contributed by atoms with Gasteiger partial charge in [0.05, 0.1) is 11.4 Å². The smallest absolute Gasteiger partial charge is 0.270 e. The van der Waals surface area contributed by atoms with Crippen LogP contribution in [0.5, 0.6) is 0 Å². The second-order valence-corrected chi connectivity index (χ2v) is 8.90. The lowest BCUT2D eigenvalue weighted by Gasteiger charge is -2.36. The Morgan fingerprint density at radius 2 is 1.72 bits per heavy atom. The molecule has 0 spiro atoms. The molecule has 1 saturated carbocycles. The van der Waals surface area contributed by atoms with Crippen LogP contribution in [0.2, 0.25) is 0 Å². The molecular weight excluding hydrogens is 398 g/mol. The van der Waals surface area contributed by atoms with Gasteiger partial charge in [0, 0.05) is 50.9 Å². The molecule has 5 rings (SSSR count). The van der Waals surface area contributed by atoms with Crippen molar-refractivity contribution in [3.05, 3.63) is 77.6 Å². The molecule has 6 nitrogen and oxygen atoms in total. The number of aryl methyl sites for hydroxylation is 1. The zero-order chi connectivity index (χ0) is 21.9. The number of nitrogens with zero attached hydrogens (tertiary/aromatic N) is 4. The number of hydrogen-bond acceptors (Lipinski definition) is 4. The highest BCUT2D eigenvalue weighted by Crippen LogP contribution is 2.39. The first-order valence-electron chi connectivity index (χ1n) is 11.6. The van der Waals surface area contributed by atoms with Gasteiger partial charge in [-0.25, -0.2) is 4.68 Å². The van der Waals surface area contributed by atoms with Crippen LogP contribution >= 0.6 is 0 Å². The molecule has 1 aromatic heterocycles. The van der Waals surface area contributed by atoms with Crippen molar-refractivity contribution in [1.29, 1.82) is 0 Å². The number of carbonyl (C=O) groups excluding carboxylic acids is 1. The number of rotatable bonds is 7. The maximum Gasteiger partial charge on any atom is 0.270 e. The summed E-state index contributed by atoms with van der Waals surface area (Å²) in [6, 6.07) is 20.6. The van der Waals surface area contributed by atoms with Gasteiger partial charge in [0.1, 0.15) is 5.69 Å². The molecule has 6 heteroatoms. The van der Waals surface area contributed by atoms with Crippen LogP contribution in [-0.2, 0) is 0 Å². The Morgan fingerprint density at radius 1 is 0.969 bits per heavy atom. The van der Waals surface area contributed by atoms with E-state index < -0.39 is 0 Å². The lowest BCUT2D eigenvalue weighted by Crippen LogP contribution is -2.48. The van der Waals surface area contributed by atoms with Crippen LogP contribution < -0.4 is 10.2 Å². The van der Waals surface area contributed by atoms with Crippen molar-refractivity contribution in [3.8, 4) is 5.69 Å². The van der Waals surface area contributed by atoms with Crippen LogP contribution in [0, 0.1) is 6.92 Å². The minimum absolute atomic E-state index is 0.0494. The van der Waals surface area contributed by atoms with Gasteiger partial charge in [-0.1, -0.05) is 30.3 Å². The summed E-state index contributed by atoms with van der Waals surface area (Å²) in [6.07, 6.45) is 2.34. The molecule has 0 unspecified atom stereocenters. The molecule has 1 N–H and O–H groups in total. The molecule has 1 aliphatic carbocycles. The molecule has 2 heterocycles. The number of anilines is 1. The summed E-state index contributed by atoms with van der Waals surface area (Å²) in [5.41, 5.74) is 5.19. The number of benzene rings is 2. The van der Waals surface area contributed by atoms with Crippen LogP contribution in [-0.4, -0.2) is 59.9 Å². The van der Waals surface area contributed by atoms with E-state index in [1.165, 1.54) is 24.1 Å². The molecule has 0 radical (unpaired) electrons. The van der Waals surface area contributed by atoms with Gasteiger partial charge in [-0.05, 0) is 55.7 Å². The van der Waals surface area contributed by atoms with Crippen LogP contribution in [0.15, 0.2) is 60.7 Å². The number of piperazine rings is 1. The average molecular weight is 430 g/mol. The molecule has 2 fully saturated rings. The highest BCUT2D eigenvalue weighted by molar-refractivity contribution is 5.93. The quantitative estimate of drug-likeness (QED) is 0.623. The summed E-state index contributed by atoms with van der Waals surface area (Å²) in [4.78, 5) is 17.9. The lowest BCUT2D eigenvalue weighted by molar-refractivity contribution is 0.0940. The third kappa shape index (κ3) is 4.70. The molecule has 1 amide bonds. The van der Waals surface area contributed by atoms with Gasteiger partial charge in [-0.2, -0.15) is 5.10 Å². The number of carbonyl (C=O) groups is 1. The summed E-state index contributed by atoms with van der Waals surface area (Å²) >= 11 is 0. The van der Waals surface area contributed by atoms with E-state index >= 15 is 0 Å². The fourth-order valence-corrected chi connectivity index (χ4v) is 4.38. The fourth-order valence-electron chi connectivity index (χ4n) is 4.38. The molecule has 32 heavy (non-hydrogen) atoms. The van der Waals surface area contributed by atoms with E-state index in [1.807, 2.05) is 36.4 Å². The summed E-state index contributed by atoms with van der Waals surface area (Å²) in [7, 11) is 0. The Bertz CT molecular complexity index is 1060. The van der Waals surface area contributed by atoms with Crippen molar-refractivity contribution in [3.63, 3.8) is 0 Å². The minimum Gasteiger partial charge on any atom is -0.369 e. The predicted molar refractivity (Wildman–Crippen MR) is 128 cm³/mol. The summed E-state index contributed by atoms with van der Waals surface area (Å²) in [5, 5.41) is 7.87. The molecule has 3 aromatic rings. The molecule has 1 aliphatic heterocycles. The summed E-state index contributed by atoms with van der Waals surface area (Å²) in [6.45, 7) is 7.70. The van der Waals surface area contributed by atoms with E-state index in [0.29, 0.717) is 18.2 Å². The van der Waals surface area contributed by atoms with E-state index in [0.717, 1.165) is 44.1 Å². The second-order valence-electron chi connectivity index (χ2n) is 8.90. The minimum atomic E-state index is -0.0494. The van der Waals surface area contributed by atoms with Gasteiger partial charge in [0.2, 0.25) is 0 Å². The fraction of sp³-hybridized carbons (Fsp3) is 0.385. The number of amides is 1. The van der Waals surface area contributed by atoms with E-state index in [9.17, 15) is 4.79 Å². The van der Waals surface area contributed by atoms with E-state index in [2.05, 4.69) is 46.3 Å². The van der Waals surface area contributed by atoms with Crippen molar-refractivity contribution in [2.24, 2.45) is 0 Å². The molecule has 2 aliphatic rings. The molecule has 166 valence electrons. The molecule has 1 saturated heterocycles. The van der Waals surface area contributed by atoms with Crippen LogP contribution in [0.25, 0.3) is 5.69 Å². The molecule has 2 aromatic carbocycles. The van der Waals surface area contributed by atoms with E-state index in [4.69, 9.17) is 5.10 Å². The Kier molecular flexibility index (Phi) is 5.95. The van der Waals surface area contributed by atoms with Crippen molar-refractivity contribution in [2.75, 3.05) is 44.2 Å². The van der Waals surface area contributed by atoms with Crippen molar-refractivity contribution in [1.82, 2.24) is 20.0 Å².